The van der Waals surface area contributed by atoms with E-state index < -0.39 is 5.60 Å². The molecule has 5 aromatic rings. The van der Waals surface area contributed by atoms with Crippen molar-refractivity contribution < 1.29 is 14.7 Å². The molecule has 234 valence electrons. The molecule has 2 fully saturated rings. The van der Waals surface area contributed by atoms with Crippen LogP contribution in [0, 0.1) is 5.92 Å². The third-order valence-electron chi connectivity index (χ3n) is 9.40. The first-order valence-electron chi connectivity index (χ1n) is 15.6. The van der Waals surface area contributed by atoms with Crippen molar-refractivity contribution in [2.45, 2.75) is 37.3 Å². The van der Waals surface area contributed by atoms with Gasteiger partial charge in [0.05, 0.1) is 23.7 Å². The smallest absolute Gasteiger partial charge is 0.274 e. The molecule has 11 nitrogen and oxygen atoms in total. The van der Waals surface area contributed by atoms with E-state index in [4.69, 9.17) is 0 Å². The largest absolute Gasteiger partial charge is 0.388 e. The van der Waals surface area contributed by atoms with Crippen LogP contribution in [0.2, 0.25) is 0 Å². The van der Waals surface area contributed by atoms with Crippen molar-refractivity contribution >= 4 is 22.8 Å². The van der Waals surface area contributed by atoms with Gasteiger partial charge < -0.3 is 19.5 Å². The molecule has 0 radical (unpaired) electrons. The maximum atomic E-state index is 14.0. The number of carbonyl (C=O) groups is 2. The summed E-state index contributed by atoms with van der Waals surface area (Å²) in [7, 11) is 0. The number of aliphatic hydroxyl groups is 1. The number of amides is 2. The maximum absolute atomic E-state index is 14.0. The standard InChI is InChI=1S/C35H35N7O4/c43-32(27-11-17-40(34(45)30-21-36-15-16-37-30)22-29(27)25-7-3-1-4-8-25)39-19-13-35(46,14-20-39)23-41-24-38-31-28(33(41)44)12-18-42(31)26-9-5-2-6-10-26/h1-10,12,15-16,18,21,24,27,29,46H,11,13-14,17,19-20,22-23H2/t27-,29+/m1/s1. The van der Waals surface area contributed by atoms with Crippen LogP contribution in [0.1, 0.15) is 41.2 Å². The number of carbonyl (C=O) groups excluding carboxylic acids is 2. The fraction of sp³-hybridized carbons (Fsp3) is 0.314. The topological polar surface area (TPSA) is 126 Å². The average Bonchev–Trinajstić information content (AvgIpc) is 3.55. The molecule has 2 aliphatic heterocycles. The van der Waals surface area contributed by atoms with Gasteiger partial charge in [-0.3, -0.25) is 23.9 Å². The molecule has 2 aliphatic rings. The number of para-hydroxylation sites is 1. The Morgan fingerprint density at radius 3 is 2.35 bits per heavy atom. The molecular weight excluding hydrogens is 582 g/mol. The molecule has 2 saturated heterocycles. The molecule has 0 saturated carbocycles. The number of aromatic nitrogens is 5. The van der Waals surface area contributed by atoms with Gasteiger partial charge in [-0.2, -0.15) is 0 Å². The number of rotatable bonds is 6. The fourth-order valence-corrected chi connectivity index (χ4v) is 6.86. The third-order valence-corrected chi connectivity index (χ3v) is 9.40. The summed E-state index contributed by atoms with van der Waals surface area (Å²) < 4.78 is 3.35. The highest BCUT2D eigenvalue weighted by Crippen LogP contribution is 2.36. The first kappa shape index (κ1) is 29.5. The Morgan fingerprint density at radius 2 is 1.63 bits per heavy atom. The molecule has 0 bridgehead atoms. The first-order chi connectivity index (χ1) is 22.4. The van der Waals surface area contributed by atoms with E-state index >= 15 is 0 Å². The molecule has 0 aliphatic carbocycles. The van der Waals surface area contributed by atoms with E-state index in [0.29, 0.717) is 56.5 Å². The Bertz CT molecular complexity index is 1900. The highest BCUT2D eigenvalue weighted by atomic mass is 16.3. The summed E-state index contributed by atoms with van der Waals surface area (Å²) in [4.78, 5) is 57.0. The number of piperidine rings is 2. The molecule has 0 unspecified atom stereocenters. The van der Waals surface area contributed by atoms with Gasteiger partial charge in [0.2, 0.25) is 5.91 Å². The highest BCUT2D eigenvalue weighted by molar-refractivity contribution is 5.92. The molecule has 46 heavy (non-hydrogen) atoms. The van der Waals surface area contributed by atoms with E-state index in [1.807, 2.05) is 76.3 Å². The number of hydrogen-bond donors (Lipinski definition) is 1. The lowest BCUT2D eigenvalue weighted by molar-refractivity contribution is -0.142. The monoisotopic (exact) mass is 617 g/mol. The van der Waals surface area contributed by atoms with Crippen LogP contribution in [0.3, 0.4) is 0 Å². The summed E-state index contributed by atoms with van der Waals surface area (Å²) in [5.41, 5.74) is 1.42. The molecule has 3 aromatic heterocycles. The molecule has 1 N–H and O–H groups in total. The second-order valence-electron chi connectivity index (χ2n) is 12.2. The zero-order chi connectivity index (χ0) is 31.7. The molecule has 0 spiro atoms. The van der Waals surface area contributed by atoms with E-state index in [1.165, 1.54) is 29.5 Å². The molecule has 7 rings (SSSR count). The minimum absolute atomic E-state index is 0.0324. The van der Waals surface area contributed by atoms with Crippen LogP contribution in [-0.2, 0) is 11.3 Å². The van der Waals surface area contributed by atoms with Crippen molar-refractivity contribution in [3.63, 3.8) is 0 Å². The van der Waals surface area contributed by atoms with Gasteiger partial charge in [0, 0.05) is 62.3 Å². The van der Waals surface area contributed by atoms with Gasteiger partial charge in [0.25, 0.3) is 11.5 Å². The van der Waals surface area contributed by atoms with Crippen LogP contribution in [-0.4, -0.2) is 82.6 Å². The Kier molecular flexibility index (Phi) is 7.91. The summed E-state index contributed by atoms with van der Waals surface area (Å²) in [5.74, 6) is -0.640. The van der Waals surface area contributed by atoms with Crippen LogP contribution in [0.5, 0.6) is 0 Å². The molecule has 2 aromatic carbocycles. The van der Waals surface area contributed by atoms with Crippen molar-refractivity contribution in [1.29, 1.82) is 0 Å². The van der Waals surface area contributed by atoms with Crippen LogP contribution >= 0.6 is 0 Å². The minimum atomic E-state index is -1.15. The van der Waals surface area contributed by atoms with Crippen molar-refractivity contribution in [1.82, 2.24) is 33.9 Å². The van der Waals surface area contributed by atoms with Gasteiger partial charge in [0.1, 0.15) is 12.0 Å². The zero-order valence-electron chi connectivity index (χ0n) is 25.4. The van der Waals surface area contributed by atoms with Gasteiger partial charge >= 0.3 is 0 Å². The van der Waals surface area contributed by atoms with Crippen LogP contribution in [0.25, 0.3) is 16.7 Å². The maximum Gasteiger partial charge on any atom is 0.274 e. The van der Waals surface area contributed by atoms with Crippen LogP contribution in [0.4, 0.5) is 0 Å². The van der Waals surface area contributed by atoms with E-state index in [2.05, 4.69) is 15.0 Å². The minimum Gasteiger partial charge on any atom is -0.388 e. The van der Waals surface area contributed by atoms with E-state index in [9.17, 15) is 19.5 Å². The third kappa shape index (κ3) is 5.69. The fourth-order valence-electron chi connectivity index (χ4n) is 6.86. The summed E-state index contributed by atoms with van der Waals surface area (Å²) >= 11 is 0. The van der Waals surface area contributed by atoms with Gasteiger partial charge in [0.15, 0.2) is 5.65 Å². The van der Waals surface area contributed by atoms with Gasteiger partial charge in [-0.1, -0.05) is 48.5 Å². The number of nitrogens with zero attached hydrogens (tertiary/aromatic N) is 7. The summed E-state index contributed by atoms with van der Waals surface area (Å²) in [6.07, 6.45) is 9.04. The Balaban J connectivity index is 1.04. The van der Waals surface area contributed by atoms with Crippen LogP contribution < -0.4 is 5.56 Å². The quantitative estimate of drug-likeness (QED) is 0.310. The van der Waals surface area contributed by atoms with E-state index in [0.717, 1.165) is 11.3 Å². The normalized spacial score (nSPS) is 19.7. The second kappa shape index (κ2) is 12.3. The molecule has 11 heteroatoms. The van der Waals surface area contributed by atoms with Gasteiger partial charge in [-0.15, -0.1) is 0 Å². The lowest BCUT2D eigenvalue weighted by Crippen LogP contribution is -2.53. The van der Waals surface area contributed by atoms with E-state index in [-0.39, 0.29) is 41.4 Å². The predicted octanol–water partition coefficient (Wildman–Crippen LogP) is 3.28. The SMILES string of the molecule is O=C(c1cnccn1)N1CC[C@@H](C(=O)N2CCC(O)(Cn3cnc4c(ccn4-c4ccccc4)c3=O)CC2)[C@H](c2ccccc2)C1. The van der Waals surface area contributed by atoms with Crippen molar-refractivity contribution in [2.24, 2.45) is 5.92 Å². The summed E-state index contributed by atoms with van der Waals surface area (Å²) in [6.45, 7) is 1.70. The number of benzene rings is 2. The Morgan fingerprint density at radius 1 is 0.891 bits per heavy atom. The summed E-state index contributed by atoms with van der Waals surface area (Å²) in [5, 5.41) is 12.0. The van der Waals surface area contributed by atoms with E-state index in [1.54, 1.807) is 11.0 Å². The first-order valence-corrected chi connectivity index (χ1v) is 15.6. The van der Waals surface area contributed by atoms with Crippen molar-refractivity contribution in [2.75, 3.05) is 26.2 Å². The summed E-state index contributed by atoms with van der Waals surface area (Å²) in [6, 6.07) is 21.3. The lowest BCUT2D eigenvalue weighted by atomic mass is 9.79. The Labute approximate surface area is 265 Å². The lowest BCUT2D eigenvalue weighted by Gasteiger charge is -2.43. The van der Waals surface area contributed by atoms with Gasteiger partial charge in [-0.05, 0) is 43.0 Å². The Hall–Kier alpha value is -5.16. The average molecular weight is 618 g/mol. The predicted molar refractivity (Wildman–Crippen MR) is 171 cm³/mol. The molecule has 2 atom stereocenters. The second-order valence-corrected chi connectivity index (χ2v) is 12.2. The van der Waals surface area contributed by atoms with Crippen molar-refractivity contribution in [3.8, 4) is 5.69 Å². The number of hydrogen-bond acceptors (Lipinski definition) is 7. The van der Waals surface area contributed by atoms with Gasteiger partial charge in [-0.25, -0.2) is 9.97 Å². The number of fused-ring (bicyclic) bond motifs is 1. The number of likely N-dealkylation sites (tertiary alicyclic amines) is 2. The highest BCUT2D eigenvalue weighted by Gasteiger charge is 2.42. The zero-order valence-corrected chi connectivity index (χ0v) is 25.4. The molecular formula is C35H35N7O4. The van der Waals surface area contributed by atoms with Crippen molar-refractivity contribution in [3.05, 3.63) is 119 Å². The van der Waals surface area contributed by atoms with Crippen LogP contribution in [0.15, 0.2) is 103 Å². The molecule has 2 amide bonds. The molecule has 5 heterocycles.